The van der Waals surface area contributed by atoms with Crippen LogP contribution in [0.4, 0.5) is 0 Å². The van der Waals surface area contributed by atoms with Crippen LogP contribution < -0.4 is 9.47 Å². The van der Waals surface area contributed by atoms with Crippen LogP contribution in [0, 0.1) is 0 Å². The molecule has 128 valence electrons. The fourth-order valence-electron chi connectivity index (χ4n) is 2.74. The van der Waals surface area contributed by atoms with Crippen LogP contribution in [0.2, 0.25) is 0 Å². The quantitative estimate of drug-likeness (QED) is 0.794. The lowest BCUT2D eigenvalue weighted by molar-refractivity contribution is -0.138. The van der Waals surface area contributed by atoms with E-state index in [-0.39, 0.29) is 0 Å². The van der Waals surface area contributed by atoms with Gasteiger partial charge in [0.25, 0.3) is 0 Å². The summed E-state index contributed by atoms with van der Waals surface area (Å²) < 4.78 is 10.8. The molecule has 0 radical (unpaired) electrons. The Labute approximate surface area is 143 Å². The Morgan fingerprint density at radius 3 is 2.38 bits per heavy atom. The number of methoxy groups -OCH3 is 1. The third-order valence-electron chi connectivity index (χ3n) is 4.07. The molecule has 0 fully saturated rings. The van der Waals surface area contributed by atoms with Gasteiger partial charge in [-0.25, -0.2) is 0 Å². The summed E-state index contributed by atoms with van der Waals surface area (Å²) >= 11 is 0. The molecule has 2 aromatic rings. The lowest BCUT2D eigenvalue weighted by Gasteiger charge is -2.16. The molecule has 2 aromatic carbocycles. The number of carboxylic acid groups (broad SMARTS) is 1. The molecule has 4 heteroatoms. The third-order valence-corrected chi connectivity index (χ3v) is 4.07. The molecular weight excluding hydrogens is 304 g/mol. The number of aliphatic carboxylic acids is 1. The Bertz CT molecular complexity index is 677. The Hall–Kier alpha value is -2.49. The van der Waals surface area contributed by atoms with Crippen LogP contribution in [0.5, 0.6) is 11.5 Å². The minimum Gasteiger partial charge on any atom is -0.496 e. The fraction of sp³-hybridized carbons (Fsp3) is 0.350. The van der Waals surface area contributed by atoms with Crippen molar-refractivity contribution in [3.63, 3.8) is 0 Å². The van der Waals surface area contributed by atoms with E-state index in [1.165, 1.54) is 5.56 Å². The van der Waals surface area contributed by atoms with Gasteiger partial charge in [-0.3, -0.25) is 4.79 Å². The Balaban J connectivity index is 2.30. The van der Waals surface area contributed by atoms with Crippen LogP contribution in [0.25, 0.3) is 0 Å². The van der Waals surface area contributed by atoms with Crippen molar-refractivity contribution >= 4 is 5.97 Å². The maximum atomic E-state index is 11.8. The van der Waals surface area contributed by atoms with Crippen molar-refractivity contribution in [2.45, 2.75) is 32.6 Å². The second-order valence-corrected chi connectivity index (χ2v) is 5.60. The molecule has 24 heavy (non-hydrogen) atoms. The predicted octanol–water partition coefficient (Wildman–Crippen LogP) is 4.07. The second kappa shape index (κ2) is 8.39. The molecular formula is C20H24O4. The van der Waals surface area contributed by atoms with Gasteiger partial charge in [0.1, 0.15) is 11.5 Å². The van der Waals surface area contributed by atoms with E-state index >= 15 is 0 Å². The van der Waals surface area contributed by atoms with Gasteiger partial charge in [-0.2, -0.15) is 0 Å². The zero-order valence-corrected chi connectivity index (χ0v) is 14.4. The monoisotopic (exact) mass is 328 g/mol. The predicted molar refractivity (Wildman–Crippen MR) is 94.1 cm³/mol. The van der Waals surface area contributed by atoms with Gasteiger partial charge >= 0.3 is 5.97 Å². The number of hydrogen-bond acceptors (Lipinski definition) is 3. The summed E-state index contributed by atoms with van der Waals surface area (Å²) in [7, 11) is 1.61. The van der Waals surface area contributed by atoms with Gasteiger partial charge in [-0.1, -0.05) is 31.2 Å². The molecule has 1 unspecified atom stereocenters. The van der Waals surface area contributed by atoms with Gasteiger partial charge in [0.15, 0.2) is 0 Å². The van der Waals surface area contributed by atoms with Crippen molar-refractivity contribution in [1.29, 1.82) is 0 Å². The van der Waals surface area contributed by atoms with Gasteiger partial charge in [-0.05, 0) is 54.7 Å². The van der Waals surface area contributed by atoms with Crippen LogP contribution in [-0.4, -0.2) is 24.8 Å². The van der Waals surface area contributed by atoms with Crippen LogP contribution >= 0.6 is 0 Å². The molecule has 2 rings (SSSR count). The maximum Gasteiger partial charge on any atom is 0.311 e. The number of hydrogen-bond donors (Lipinski definition) is 1. The molecule has 0 heterocycles. The first-order valence-corrected chi connectivity index (χ1v) is 8.20. The molecule has 0 saturated heterocycles. The van der Waals surface area contributed by atoms with E-state index < -0.39 is 11.9 Å². The lowest BCUT2D eigenvalue weighted by Crippen LogP contribution is -2.15. The van der Waals surface area contributed by atoms with Crippen molar-refractivity contribution in [3.05, 3.63) is 59.2 Å². The highest BCUT2D eigenvalue weighted by Gasteiger charge is 2.22. The zero-order valence-electron chi connectivity index (χ0n) is 14.4. The van der Waals surface area contributed by atoms with Gasteiger partial charge in [0, 0.05) is 0 Å². The van der Waals surface area contributed by atoms with Crippen LogP contribution in [0.3, 0.4) is 0 Å². The SMILES string of the molecule is CCOc1ccc(C(Cc2cc(CC)ccc2OC)C(=O)O)cc1. The first-order chi connectivity index (χ1) is 11.6. The van der Waals surface area contributed by atoms with E-state index in [0.29, 0.717) is 13.0 Å². The first kappa shape index (κ1) is 17.9. The Kier molecular flexibility index (Phi) is 6.24. The molecule has 1 N–H and O–H groups in total. The minimum atomic E-state index is -0.844. The van der Waals surface area contributed by atoms with Gasteiger partial charge < -0.3 is 14.6 Å². The molecule has 0 aliphatic rings. The summed E-state index contributed by atoms with van der Waals surface area (Å²) in [6.45, 7) is 4.58. The topological polar surface area (TPSA) is 55.8 Å². The van der Waals surface area contributed by atoms with Gasteiger partial charge in [0.05, 0.1) is 19.6 Å². The van der Waals surface area contributed by atoms with Crippen molar-refractivity contribution in [2.24, 2.45) is 0 Å². The molecule has 0 spiro atoms. The summed E-state index contributed by atoms with van der Waals surface area (Å²) in [4.78, 5) is 11.8. The summed E-state index contributed by atoms with van der Waals surface area (Å²) in [6, 6.07) is 13.2. The minimum absolute atomic E-state index is 0.389. The first-order valence-electron chi connectivity index (χ1n) is 8.20. The average Bonchev–Trinajstić information content (AvgIpc) is 2.60. The van der Waals surface area contributed by atoms with Gasteiger partial charge in [0.2, 0.25) is 0 Å². The highest BCUT2D eigenvalue weighted by atomic mass is 16.5. The summed E-state index contributed by atoms with van der Waals surface area (Å²) in [5.41, 5.74) is 2.84. The summed E-state index contributed by atoms with van der Waals surface area (Å²) in [5, 5.41) is 9.68. The van der Waals surface area contributed by atoms with Crippen molar-refractivity contribution < 1.29 is 19.4 Å². The van der Waals surface area contributed by atoms with E-state index in [9.17, 15) is 9.90 Å². The van der Waals surface area contributed by atoms with E-state index in [1.54, 1.807) is 7.11 Å². The van der Waals surface area contributed by atoms with Crippen LogP contribution in [-0.2, 0) is 17.6 Å². The number of aryl methyl sites for hydroxylation is 1. The van der Waals surface area contributed by atoms with Crippen molar-refractivity contribution in [1.82, 2.24) is 0 Å². The standard InChI is InChI=1S/C20H24O4/c1-4-14-6-11-19(23-3)16(12-14)13-18(20(21)22)15-7-9-17(10-8-15)24-5-2/h6-12,18H,4-5,13H2,1-3H3,(H,21,22). The van der Waals surface area contributed by atoms with E-state index in [1.807, 2.05) is 49.4 Å². The van der Waals surface area contributed by atoms with Crippen LogP contribution in [0.1, 0.15) is 36.5 Å². The molecule has 0 saturated carbocycles. The fourth-order valence-corrected chi connectivity index (χ4v) is 2.74. The smallest absolute Gasteiger partial charge is 0.311 e. The van der Waals surface area contributed by atoms with E-state index in [2.05, 4.69) is 6.92 Å². The zero-order chi connectivity index (χ0) is 17.5. The van der Waals surface area contributed by atoms with Crippen molar-refractivity contribution in [2.75, 3.05) is 13.7 Å². The van der Waals surface area contributed by atoms with Crippen LogP contribution in [0.15, 0.2) is 42.5 Å². The number of rotatable bonds is 8. The summed E-state index contributed by atoms with van der Waals surface area (Å²) in [5.74, 6) is 0.00475. The molecule has 0 bridgehead atoms. The lowest BCUT2D eigenvalue weighted by atomic mass is 9.90. The third kappa shape index (κ3) is 4.28. The molecule has 0 aliphatic heterocycles. The number of benzene rings is 2. The molecule has 4 nitrogen and oxygen atoms in total. The highest BCUT2D eigenvalue weighted by Crippen LogP contribution is 2.29. The van der Waals surface area contributed by atoms with E-state index in [4.69, 9.17) is 9.47 Å². The molecule has 0 aliphatic carbocycles. The number of carboxylic acids is 1. The normalized spacial score (nSPS) is 11.8. The van der Waals surface area contributed by atoms with Gasteiger partial charge in [-0.15, -0.1) is 0 Å². The molecule has 0 aromatic heterocycles. The maximum absolute atomic E-state index is 11.8. The second-order valence-electron chi connectivity index (χ2n) is 5.60. The number of ether oxygens (including phenoxy) is 2. The molecule has 1 atom stereocenters. The Morgan fingerprint density at radius 1 is 1.12 bits per heavy atom. The average molecular weight is 328 g/mol. The van der Waals surface area contributed by atoms with E-state index in [0.717, 1.165) is 29.0 Å². The summed E-state index contributed by atoms with van der Waals surface area (Å²) in [6.07, 6.45) is 1.29. The Morgan fingerprint density at radius 2 is 1.83 bits per heavy atom. The highest BCUT2D eigenvalue weighted by molar-refractivity contribution is 5.76. The van der Waals surface area contributed by atoms with Crippen molar-refractivity contribution in [3.8, 4) is 11.5 Å². The molecule has 0 amide bonds. The largest absolute Gasteiger partial charge is 0.496 e. The number of carbonyl (C=O) groups is 1.